The Bertz CT molecular complexity index is 321. The number of nitrogens with zero attached hydrogens (tertiary/aromatic N) is 1. The lowest BCUT2D eigenvalue weighted by Gasteiger charge is -2.38. The molecule has 0 bridgehead atoms. The topological polar surface area (TPSA) is 32.3 Å². The van der Waals surface area contributed by atoms with E-state index in [1.807, 2.05) is 20.8 Å². The minimum Gasteiger partial charge on any atom is -0.329 e. The quantitative estimate of drug-likeness (QED) is 0.816. The van der Waals surface area contributed by atoms with Gasteiger partial charge in [0.05, 0.1) is 5.54 Å². The number of alkyl halides is 3. The van der Waals surface area contributed by atoms with Crippen molar-refractivity contribution in [2.24, 2.45) is 0 Å². The van der Waals surface area contributed by atoms with Gasteiger partial charge in [0.15, 0.2) is 0 Å². The number of hydrogen-bond donors (Lipinski definition) is 1. The van der Waals surface area contributed by atoms with Crippen molar-refractivity contribution >= 4 is 5.91 Å². The zero-order chi connectivity index (χ0) is 15.4. The van der Waals surface area contributed by atoms with Gasteiger partial charge in [0.25, 0.3) is 0 Å². The first-order valence-corrected chi connectivity index (χ1v) is 7.42. The molecule has 0 spiro atoms. The van der Waals surface area contributed by atoms with E-state index in [-0.39, 0.29) is 11.9 Å². The molecule has 1 amide bonds. The van der Waals surface area contributed by atoms with Crippen LogP contribution in [0.1, 0.15) is 52.9 Å². The van der Waals surface area contributed by atoms with Crippen molar-refractivity contribution in [1.82, 2.24) is 10.2 Å². The second-order valence-corrected chi connectivity index (χ2v) is 5.48. The minimum absolute atomic E-state index is 0.352. The lowest BCUT2D eigenvalue weighted by Crippen LogP contribution is -2.58. The molecule has 1 N–H and O–H groups in total. The van der Waals surface area contributed by atoms with Crippen molar-refractivity contribution in [2.75, 3.05) is 13.1 Å². The van der Waals surface area contributed by atoms with Gasteiger partial charge in [-0.15, -0.1) is 0 Å². The Labute approximate surface area is 118 Å². The molecular formula is C14H25F3N2O. The predicted octanol–water partition coefficient (Wildman–Crippen LogP) is 3.10. The first kappa shape index (κ1) is 17.3. The van der Waals surface area contributed by atoms with Crippen LogP contribution in [0.2, 0.25) is 0 Å². The Morgan fingerprint density at radius 3 is 2.25 bits per heavy atom. The maximum Gasteiger partial charge on any atom is 0.406 e. The van der Waals surface area contributed by atoms with E-state index in [0.29, 0.717) is 32.2 Å². The van der Waals surface area contributed by atoms with Gasteiger partial charge in [0.1, 0.15) is 6.54 Å². The summed E-state index contributed by atoms with van der Waals surface area (Å²) in [7, 11) is 0. The molecule has 3 nitrogen and oxygen atoms in total. The molecule has 1 aliphatic heterocycles. The summed E-state index contributed by atoms with van der Waals surface area (Å²) in [6.07, 6.45) is -1.29. The van der Waals surface area contributed by atoms with Crippen LogP contribution in [0.15, 0.2) is 0 Å². The van der Waals surface area contributed by atoms with E-state index in [4.69, 9.17) is 0 Å². The van der Waals surface area contributed by atoms with Gasteiger partial charge in [0, 0.05) is 6.04 Å². The molecule has 1 fully saturated rings. The Hall–Kier alpha value is -0.780. The highest BCUT2D eigenvalue weighted by molar-refractivity contribution is 5.87. The van der Waals surface area contributed by atoms with Crippen LogP contribution in [-0.2, 0) is 4.79 Å². The van der Waals surface area contributed by atoms with Crippen molar-refractivity contribution < 1.29 is 18.0 Å². The number of rotatable bonds is 6. The van der Waals surface area contributed by atoms with Crippen LogP contribution in [0, 0.1) is 0 Å². The fourth-order valence-corrected chi connectivity index (χ4v) is 3.01. The third kappa shape index (κ3) is 3.87. The average molecular weight is 294 g/mol. The molecule has 1 rings (SSSR count). The van der Waals surface area contributed by atoms with Crippen LogP contribution in [0.25, 0.3) is 0 Å². The molecule has 1 aliphatic rings. The van der Waals surface area contributed by atoms with Crippen LogP contribution in [0.3, 0.4) is 0 Å². The summed E-state index contributed by atoms with van der Waals surface area (Å²) in [4.78, 5) is 13.7. The van der Waals surface area contributed by atoms with Gasteiger partial charge >= 0.3 is 6.18 Å². The Morgan fingerprint density at radius 1 is 1.30 bits per heavy atom. The van der Waals surface area contributed by atoms with Crippen molar-refractivity contribution in [2.45, 2.75) is 70.6 Å². The van der Waals surface area contributed by atoms with Crippen LogP contribution < -0.4 is 5.32 Å². The molecule has 1 heterocycles. The van der Waals surface area contributed by atoms with Crippen molar-refractivity contribution in [3.05, 3.63) is 0 Å². The third-order valence-corrected chi connectivity index (χ3v) is 4.25. The summed E-state index contributed by atoms with van der Waals surface area (Å²) in [6.45, 7) is 5.05. The predicted molar refractivity (Wildman–Crippen MR) is 72.4 cm³/mol. The summed E-state index contributed by atoms with van der Waals surface area (Å²) in [5.41, 5.74) is -0.798. The first-order valence-electron chi connectivity index (χ1n) is 7.42. The molecule has 118 valence electrons. The first-order chi connectivity index (χ1) is 9.29. The summed E-state index contributed by atoms with van der Waals surface area (Å²) in [5, 5.41) is 3.13. The molecule has 0 radical (unpaired) electrons. The van der Waals surface area contributed by atoms with E-state index in [9.17, 15) is 18.0 Å². The minimum atomic E-state index is -4.36. The Balaban J connectivity index is 2.99. The van der Waals surface area contributed by atoms with Gasteiger partial charge in [-0.25, -0.2) is 0 Å². The van der Waals surface area contributed by atoms with Gasteiger partial charge in [-0.3, -0.25) is 4.79 Å². The molecule has 1 saturated heterocycles. The van der Waals surface area contributed by atoms with E-state index in [1.54, 1.807) is 0 Å². The Morgan fingerprint density at radius 2 is 1.90 bits per heavy atom. The molecule has 1 unspecified atom stereocenters. The molecular weight excluding hydrogens is 269 g/mol. The molecule has 0 aliphatic carbocycles. The average Bonchev–Trinajstić information content (AvgIpc) is 2.86. The second-order valence-electron chi connectivity index (χ2n) is 5.48. The number of nitrogens with one attached hydrogen (secondary N) is 1. The van der Waals surface area contributed by atoms with Crippen molar-refractivity contribution in [1.29, 1.82) is 0 Å². The highest BCUT2D eigenvalue weighted by Crippen LogP contribution is 2.29. The lowest BCUT2D eigenvalue weighted by atomic mass is 9.91. The fourth-order valence-electron chi connectivity index (χ4n) is 3.01. The largest absolute Gasteiger partial charge is 0.406 e. The maximum atomic E-state index is 12.8. The monoisotopic (exact) mass is 294 g/mol. The van der Waals surface area contributed by atoms with Gasteiger partial charge in [-0.1, -0.05) is 20.8 Å². The van der Waals surface area contributed by atoms with Gasteiger partial charge in [-0.2, -0.15) is 13.2 Å². The maximum absolute atomic E-state index is 12.8. The van der Waals surface area contributed by atoms with E-state index >= 15 is 0 Å². The summed E-state index contributed by atoms with van der Waals surface area (Å²) < 4.78 is 38.4. The number of hydrogen-bond acceptors (Lipinski definition) is 2. The van der Waals surface area contributed by atoms with Gasteiger partial charge in [0.2, 0.25) is 5.91 Å². The molecule has 0 saturated carbocycles. The van der Waals surface area contributed by atoms with E-state index in [1.165, 1.54) is 0 Å². The standard InChI is InChI=1S/C14H25F3N2O/c1-4-11(5-2)19(10-14(15,16)17)12(20)13(6-3)8-7-9-18-13/h11,18H,4-10H2,1-3H3. The fraction of sp³-hybridized carbons (Fsp3) is 0.929. The normalized spacial score (nSPS) is 23.4. The zero-order valence-electron chi connectivity index (χ0n) is 12.5. The zero-order valence-corrected chi connectivity index (χ0v) is 12.5. The van der Waals surface area contributed by atoms with E-state index < -0.39 is 18.3 Å². The van der Waals surface area contributed by atoms with Crippen molar-refractivity contribution in [3.63, 3.8) is 0 Å². The van der Waals surface area contributed by atoms with E-state index in [0.717, 1.165) is 11.3 Å². The Kier molecular flexibility index (Phi) is 5.86. The SMILES string of the molecule is CCC(CC)N(CC(F)(F)F)C(=O)C1(CC)CCCN1. The van der Waals surface area contributed by atoms with Crippen LogP contribution in [0.4, 0.5) is 13.2 Å². The number of carbonyl (C=O) groups is 1. The van der Waals surface area contributed by atoms with Crippen LogP contribution in [0.5, 0.6) is 0 Å². The summed E-state index contributed by atoms with van der Waals surface area (Å²) in [5.74, 6) is -0.386. The number of carbonyl (C=O) groups excluding carboxylic acids is 1. The molecule has 6 heteroatoms. The van der Waals surface area contributed by atoms with Crippen LogP contribution >= 0.6 is 0 Å². The third-order valence-electron chi connectivity index (χ3n) is 4.25. The molecule has 0 aromatic carbocycles. The van der Waals surface area contributed by atoms with Crippen molar-refractivity contribution in [3.8, 4) is 0 Å². The second kappa shape index (κ2) is 6.78. The van der Waals surface area contributed by atoms with E-state index in [2.05, 4.69) is 5.32 Å². The summed E-state index contributed by atoms with van der Waals surface area (Å²) >= 11 is 0. The van der Waals surface area contributed by atoms with Gasteiger partial charge in [-0.05, 0) is 38.6 Å². The highest BCUT2D eigenvalue weighted by Gasteiger charge is 2.46. The molecule has 1 atom stereocenters. The lowest BCUT2D eigenvalue weighted by molar-refractivity contribution is -0.170. The molecule has 0 aromatic rings. The number of amides is 1. The molecule has 20 heavy (non-hydrogen) atoms. The summed E-state index contributed by atoms with van der Waals surface area (Å²) in [6, 6.07) is -0.352. The number of halogens is 3. The van der Waals surface area contributed by atoms with Gasteiger partial charge < -0.3 is 10.2 Å². The van der Waals surface area contributed by atoms with Crippen LogP contribution in [-0.4, -0.2) is 41.7 Å². The smallest absolute Gasteiger partial charge is 0.329 e. The highest BCUT2D eigenvalue weighted by atomic mass is 19.4. The molecule has 0 aromatic heterocycles.